The Balaban J connectivity index is 1.96. The van der Waals surface area contributed by atoms with Crippen LogP contribution in [0.2, 0.25) is 0 Å². The number of aryl methyl sites for hydroxylation is 1. The Labute approximate surface area is 107 Å². The molecule has 0 bridgehead atoms. The highest BCUT2D eigenvalue weighted by Crippen LogP contribution is 2.30. The van der Waals surface area contributed by atoms with Crippen LogP contribution < -0.4 is 0 Å². The Bertz CT molecular complexity index is 600. The Hall–Kier alpha value is -1.77. The molecule has 1 amide bonds. The van der Waals surface area contributed by atoms with E-state index in [1.165, 1.54) is 22.2 Å². The number of fused-ring (bicyclic) bond motifs is 3. The normalized spacial score (nSPS) is 18.7. The summed E-state index contributed by atoms with van der Waals surface area (Å²) in [6.07, 6.45) is 3.06. The molecule has 1 atom stereocenters. The van der Waals surface area contributed by atoms with E-state index in [9.17, 15) is 4.79 Å². The summed E-state index contributed by atoms with van der Waals surface area (Å²) in [4.78, 5) is 16.8. The zero-order valence-electron chi connectivity index (χ0n) is 10.9. The molecule has 0 spiro atoms. The van der Waals surface area contributed by atoms with Crippen molar-refractivity contribution in [2.75, 3.05) is 7.05 Å². The van der Waals surface area contributed by atoms with Crippen molar-refractivity contribution in [1.29, 1.82) is 0 Å². The van der Waals surface area contributed by atoms with Gasteiger partial charge >= 0.3 is 0 Å². The number of hydrogen-bond acceptors (Lipinski definition) is 1. The van der Waals surface area contributed by atoms with Crippen molar-refractivity contribution in [2.45, 2.75) is 32.2 Å². The van der Waals surface area contributed by atoms with Crippen molar-refractivity contribution >= 4 is 16.8 Å². The minimum Gasteiger partial charge on any atom is -0.358 e. The molecule has 3 heteroatoms. The average molecular weight is 242 g/mol. The first-order chi connectivity index (χ1) is 8.66. The number of carbonyl (C=O) groups excluding carboxylic acids is 1. The molecule has 0 saturated carbocycles. The van der Waals surface area contributed by atoms with E-state index >= 15 is 0 Å². The molecule has 1 unspecified atom stereocenters. The van der Waals surface area contributed by atoms with E-state index in [0.29, 0.717) is 6.04 Å². The van der Waals surface area contributed by atoms with Gasteiger partial charge in [0.15, 0.2) is 0 Å². The van der Waals surface area contributed by atoms with Crippen LogP contribution in [0.5, 0.6) is 0 Å². The molecule has 1 heterocycles. The van der Waals surface area contributed by atoms with Gasteiger partial charge in [-0.3, -0.25) is 4.79 Å². The van der Waals surface area contributed by atoms with E-state index in [0.717, 1.165) is 19.3 Å². The van der Waals surface area contributed by atoms with E-state index in [1.807, 2.05) is 11.9 Å². The van der Waals surface area contributed by atoms with Gasteiger partial charge in [0.05, 0.1) is 0 Å². The zero-order chi connectivity index (χ0) is 12.7. The van der Waals surface area contributed by atoms with Crippen molar-refractivity contribution in [3.05, 3.63) is 35.5 Å². The van der Waals surface area contributed by atoms with Crippen LogP contribution in [0.4, 0.5) is 0 Å². The van der Waals surface area contributed by atoms with E-state index < -0.39 is 0 Å². The predicted octanol–water partition coefficient (Wildman–Crippen LogP) is 2.50. The van der Waals surface area contributed by atoms with Gasteiger partial charge in [-0.05, 0) is 24.5 Å². The molecular weight excluding hydrogens is 224 g/mol. The number of benzene rings is 1. The number of rotatable bonds is 1. The first-order valence-electron chi connectivity index (χ1n) is 6.48. The number of amides is 1. The Kier molecular flexibility index (Phi) is 2.62. The summed E-state index contributed by atoms with van der Waals surface area (Å²) in [5.41, 5.74) is 3.97. The van der Waals surface area contributed by atoms with Crippen LogP contribution in [0.25, 0.3) is 10.9 Å². The van der Waals surface area contributed by atoms with E-state index in [4.69, 9.17) is 0 Å². The van der Waals surface area contributed by atoms with Crippen molar-refractivity contribution in [1.82, 2.24) is 9.88 Å². The molecule has 1 aromatic heterocycles. The highest BCUT2D eigenvalue weighted by atomic mass is 16.2. The summed E-state index contributed by atoms with van der Waals surface area (Å²) in [6.45, 7) is 1.64. The third kappa shape index (κ3) is 1.70. The minimum absolute atomic E-state index is 0.152. The molecule has 18 heavy (non-hydrogen) atoms. The van der Waals surface area contributed by atoms with Crippen molar-refractivity contribution < 1.29 is 4.79 Å². The molecule has 3 nitrogen and oxygen atoms in total. The van der Waals surface area contributed by atoms with E-state index in [2.05, 4.69) is 29.2 Å². The van der Waals surface area contributed by atoms with Crippen LogP contribution in [0, 0.1) is 0 Å². The Morgan fingerprint density at radius 1 is 1.39 bits per heavy atom. The monoisotopic (exact) mass is 242 g/mol. The molecule has 1 aromatic carbocycles. The first kappa shape index (κ1) is 11.3. The molecule has 0 saturated heterocycles. The van der Waals surface area contributed by atoms with Crippen LogP contribution >= 0.6 is 0 Å². The van der Waals surface area contributed by atoms with Crippen LogP contribution in [0.15, 0.2) is 24.3 Å². The minimum atomic E-state index is 0.152. The SMILES string of the molecule is CC(=O)N(C)C1CCc2c([nH]c3ccccc23)C1. The molecule has 1 N–H and O–H groups in total. The number of H-pyrrole nitrogens is 1. The van der Waals surface area contributed by atoms with Crippen molar-refractivity contribution in [2.24, 2.45) is 0 Å². The quantitative estimate of drug-likeness (QED) is 0.819. The number of para-hydroxylation sites is 1. The summed E-state index contributed by atoms with van der Waals surface area (Å²) in [5.74, 6) is 0.152. The van der Waals surface area contributed by atoms with Crippen LogP contribution in [0.1, 0.15) is 24.6 Å². The smallest absolute Gasteiger partial charge is 0.219 e. The summed E-state index contributed by atoms with van der Waals surface area (Å²) in [7, 11) is 1.90. The topological polar surface area (TPSA) is 36.1 Å². The number of aromatic amines is 1. The molecule has 0 radical (unpaired) electrons. The first-order valence-corrected chi connectivity index (χ1v) is 6.48. The summed E-state index contributed by atoms with van der Waals surface area (Å²) in [5, 5.41) is 1.34. The van der Waals surface area contributed by atoms with Gasteiger partial charge in [0.2, 0.25) is 5.91 Å². The third-order valence-corrected chi connectivity index (χ3v) is 4.11. The Morgan fingerprint density at radius 2 is 2.17 bits per heavy atom. The fourth-order valence-electron chi connectivity index (χ4n) is 2.95. The number of hydrogen-bond donors (Lipinski definition) is 1. The van der Waals surface area contributed by atoms with Crippen LogP contribution in [-0.2, 0) is 17.6 Å². The second kappa shape index (κ2) is 4.16. The van der Waals surface area contributed by atoms with Gasteiger partial charge in [-0.15, -0.1) is 0 Å². The third-order valence-electron chi connectivity index (χ3n) is 4.11. The van der Waals surface area contributed by atoms with E-state index in [-0.39, 0.29) is 5.91 Å². The lowest BCUT2D eigenvalue weighted by atomic mass is 9.91. The predicted molar refractivity (Wildman–Crippen MR) is 72.6 cm³/mol. The molecule has 0 aliphatic heterocycles. The van der Waals surface area contributed by atoms with Gasteiger partial charge in [-0.1, -0.05) is 18.2 Å². The molecule has 1 aliphatic carbocycles. The molecule has 94 valence electrons. The average Bonchev–Trinajstić information content (AvgIpc) is 2.75. The number of nitrogens with one attached hydrogen (secondary N) is 1. The lowest BCUT2D eigenvalue weighted by Crippen LogP contribution is -2.39. The van der Waals surface area contributed by atoms with Crippen molar-refractivity contribution in [3.8, 4) is 0 Å². The standard InChI is InChI=1S/C15H18N2O/c1-10(18)17(2)11-7-8-13-12-5-3-4-6-14(12)16-15(13)9-11/h3-6,11,16H,7-9H2,1-2H3. The summed E-state index contributed by atoms with van der Waals surface area (Å²) in [6, 6.07) is 8.79. The second-order valence-electron chi connectivity index (χ2n) is 5.15. The van der Waals surface area contributed by atoms with Gasteiger partial charge in [0.25, 0.3) is 0 Å². The molecule has 1 aliphatic rings. The number of aromatic nitrogens is 1. The van der Waals surface area contributed by atoms with Crippen LogP contribution in [0.3, 0.4) is 0 Å². The highest BCUT2D eigenvalue weighted by molar-refractivity contribution is 5.85. The maximum absolute atomic E-state index is 11.4. The van der Waals surface area contributed by atoms with Crippen molar-refractivity contribution in [3.63, 3.8) is 0 Å². The number of carbonyl (C=O) groups is 1. The second-order valence-corrected chi connectivity index (χ2v) is 5.15. The van der Waals surface area contributed by atoms with Gasteiger partial charge in [-0.25, -0.2) is 0 Å². The molecular formula is C15H18N2O. The maximum atomic E-state index is 11.4. The summed E-state index contributed by atoms with van der Waals surface area (Å²) >= 11 is 0. The lowest BCUT2D eigenvalue weighted by molar-refractivity contribution is -0.129. The lowest BCUT2D eigenvalue weighted by Gasteiger charge is -2.30. The fourth-order valence-corrected chi connectivity index (χ4v) is 2.95. The largest absolute Gasteiger partial charge is 0.358 e. The zero-order valence-corrected chi connectivity index (χ0v) is 10.9. The van der Waals surface area contributed by atoms with E-state index in [1.54, 1.807) is 6.92 Å². The fraction of sp³-hybridized carbons (Fsp3) is 0.400. The maximum Gasteiger partial charge on any atom is 0.219 e. The van der Waals surface area contributed by atoms with Gasteiger partial charge < -0.3 is 9.88 Å². The molecule has 3 rings (SSSR count). The number of nitrogens with zero attached hydrogens (tertiary/aromatic N) is 1. The highest BCUT2D eigenvalue weighted by Gasteiger charge is 2.25. The summed E-state index contributed by atoms with van der Waals surface area (Å²) < 4.78 is 0. The number of likely N-dealkylation sites (N-methyl/N-ethyl adjacent to an activating group) is 1. The molecule has 2 aromatic rings. The van der Waals surface area contributed by atoms with Gasteiger partial charge in [0, 0.05) is 43.0 Å². The Morgan fingerprint density at radius 3 is 2.94 bits per heavy atom. The van der Waals surface area contributed by atoms with Gasteiger partial charge in [0.1, 0.15) is 0 Å². The molecule has 0 fully saturated rings. The van der Waals surface area contributed by atoms with Crippen LogP contribution in [-0.4, -0.2) is 28.9 Å². The van der Waals surface area contributed by atoms with Gasteiger partial charge in [-0.2, -0.15) is 0 Å².